The molecular formula is C18H25NO4. The molecule has 3 rings (SSSR count). The highest BCUT2D eigenvalue weighted by atomic mass is 16.5. The first-order valence-electron chi connectivity index (χ1n) is 8.47. The molecule has 0 aromatic heterocycles. The number of nitrogens with zero attached hydrogens (tertiary/aromatic N) is 1. The molecule has 5 heteroatoms. The zero-order valence-corrected chi connectivity index (χ0v) is 13.4. The number of carbonyl (C=O) groups is 1. The van der Waals surface area contributed by atoms with Crippen LogP contribution in [0, 0.1) is 5.92 Å². The smallest absolute Gasteiger partial charge is 0.223 e. The van der Waals surface area contributed by atoms with Crippen LogP contribution in [0.1, 0.15) is 25.7 Å². The number of fused-ring (bicyclic) bond motifs is 1. The van der Waals surface area contributed by atoms with Gasteiger partial charge in [-0.15, -0.1) is 0 Å². The number of benzene rings is 1. The third kappa shape index (κ3) is 4.03. The first-order valence-corrected chi connectivity index (χ1v) is 8.47. The van der Waals surface area contributed by atoms with Crippen molar-refractivity contribution in [3.63, 3.8) is 0 Å². The van der Waals surface area contributed by atoms with Crippen LogP contribution in [-0.4, -0.2) is 54.4 Å². The number of aliphatic hydroxyl groups excluding tert-OH is 1. The van der Waals surface area contributed by atoms with Gasteiger partial charge in [0, 0.05) is 19.6 Å². The molecule has 0 spiro atoms. The third-order valence-corrected chi connectivity index (χ3v) is 4.76. The van der Waals surface area contributed by atoms with E-state index in [2.05, 4.69) is 0 Å². The minimum atomic E-state index is 0.102. The van der Waals surface area contributed by atoms with Gasteiger partial charge in [0.05, 0.1) is 25.4 Å². The van der Waals surface area contributed by atoms with Gasteiger partial charge >= 0.3 is 0 Å². The van der Waals surface area contributed by atoms with E-state index in [0.717, 1.165) is 18.6 Å². The van der Waals surface area contributed by atoms with Gasteiger partial charge in [0.1, 0.15) is 5.75 Å². The van der Waals surface area contributed by atoms with Crippen molar-refractivity contribution >= 4 is 5.91 Å². The molecule has 1 amide bonds. The Morgan fingerprint density at radius 1 is 1.30 bits per heavy atom. The van der Waals surface area contributed by atoms with E-state index >= 15 is 0 Å². The van der Waals surface area contributed by atoms with Crippen molar-refractivity contribution in [1.82, 2.24) is 4.90 Å². The predicted octanol–water partition coefficient (Wildman–Crippen LogP) is 1.84. The van der Waals surface area contributed by atoms with E-state index in [1.165, 1.54) is 0 Å². The number of morpholine rings is 1. The Morgan fingerprint density at radius 2 is 2.13 bits per heavy atom. The van der Waals surface area contributed by atoms with Crippen LogP contribution in [0.25, 0.3) is 0 Å². The van der Waals surface area contributed by atoms with Gasteiger partial charge in [-0.1, -0.05) is 18.2 Å². The third-order valence-electron chi connectivity index (χ3n) is 4.76. The molecular weight excluding hydrogens is 294 g/mol. The Bertz CT molecular complexity index is 507. The second kappa shape index (κ2) is 7.79. The lowest BCUT2D eigenvalue weighted by Gasteiger charge is -2.37. The molecule has 1 saturated heterocycles. The van der Waals surface area contributed by atoms with Crippen LogP contribution in [-0.2, 0) is 9.53 Å². The second-order valence-corrected chi connectivity index (χ2v) is 6.35. The highest BCUT2D eigenvalue weighted by Gasteiger charge is 2.42. The number of para-hydroxylation sites is 1. The van der Waals surface area contributed by atoms with Gasteiger partial charge in [-0.3, -0.25) is 4.79 Å². The fourth-order valence-corrected chi connectivity index (χ4v) is 3.58. The molecule has 0 radical (unpaired) electrons. The van der Waals surface area contributed by atoms with Crippen molar-refractivity contribution < 1.29 is 19.4 Å². The number of aliphatic hydroxyl groups is 1. The van der Waals surface area contributed by atoms with Gasteiger partial charge in [0.15, 0.2) is 0 Å². The van der Waals surface area contributed by atoms with Gasteiger partial charge in [-0.25, -0.2) is 0 Å². The quantitative estimate of drug-likeness (QED) is 0.813. The van der Waals surface area contributed by atoms with E-state index < -0.39 is 0 Å². The molecule has 3 atom stereocenters. The van der Waals surface area contributed by atoms with E-state index in [1.54, 1.807) is 0 Å². The molecule has 1 aromatic carbocycles. The summed E-state index contributed by atoms with van der Waals surface area (Å²) >= 11 is 0. The summed E-state index contributed by atoms with van der Waals surface area (Å²) in [6.07, 6.45) is 3.03. The predicted molar refractivity (Wildman–Crippen MR) is 86.2 cm³/mol. The number of ether oxygens (including phenoxy) is 2. The molecule has 126 valence electrons. The highest BCUT2D eigenvalue weighted by molar-refractivity contribution is 5.76. The molecule has 1 N–H and O–H groups in total. The first-order chi connectivity index (χ1) is 11.3. The van der Waals surface area contributed by atoms with Gasteiger partial charge in [-0.2, -0.15) is 0 Å². The van der Waals surface area contributed by atoms with Crippen LogP contribution in [0.15, 0.2) is 30.3 Å². The molecule has 2 fully saturated rings. The van der Waals surface area contributed by atoms with Gasteiger partial charge in [-0.05, 0) is 37.3 Å². The van der Waals surface area contributed by atoms with E-state index in [1.807, 2.05) is 35.2 Å². The van der Waals surface area contributed by atoms with Gasteiger partial charge in [0.25, 0.3) is 0 Å². The lowest BCUT2D eigenvalue weighted by atomic mass is 10.1. The van der Waals surface area contributed by atoms with E-state index in [-0.39, 0.29) is 30.6 Å². The molecule has 1 saturated carbocycles. The molecule has 1 aliphatic carbocycles. The zero-order chi connectivity index (χ0) is 16.1. The average Bonchev–Trinajstić information content (AvgIpc) is 3.02. The van der Waals surface area contributed by atoms with Crippen LogP contribution in [0.5, 0.6) is 5.75 Å². The van der Waals surface area contributed by atoms with Crippen LogP contribution in [0.4, 0.5) is 0 Å². The zero-order valence-electron chi connectivity index (χ0n) is 13.4. The van der Waals surface area contributed by atoms with Crippen molar-refractivity contribution in [1.29, 1.82) is 0 Å². The minimum absolute atomic E-state index is 0.102. The highest BCUT2D eigenvalue weighted by Crippen LogP contribution is 2.34. The summed E-state index contributed by atoms with van der Waals surface area (Å²) in [5.41, 5.74) is 0. The maximum absolute atomic E-state index is 12.5. The summed E-state index contributed by atoms with van der Waals surface area (Å²) in [4.78, 5) is 14.5. The lowest BCUT2D eigenvalue weighted by molar-refractivity contribution is -0.144. The molecule has 1 unspecified atom stereocenters. The SMILES string of the molecule is O=C(CCCOc1ccccc1)N1CCOC2C[C@H](CO)C[C@@H]21. The monoisotopic (exact) mass is 319 g/mol. The Labute approximate surface area is 137 Å². The number of hydrogen-bond acceptors (Lipinski definition) is 4. The summed E-state index contributed by atoms with van der Waals surface area (Å²) in [5.74, 6) is 1.28. The van der Waals surface area contributed by atoms with Crippen molar-refractivity contribution in [3.05, 3.63) is 30.3 Å². The fraction of sp³-hybridized carbons (Fsp3) is 0.611. The maximum atomic E-state index is 12.5. The Morgan fingerprint density at radius 3 is 2.91 bits per heavy atom. The second-order valence-electron chi connectivity index (χ2n) is 6.35. The molecule has 2 aliphatic rings. The first kappa shape index (κ1) is 16.3. The number of amides is 1. The standard InChI is InChI=1S/C18H25NO4/c20-13-14-11-16-17(12-14)23-10-8-19(16)18(21)7-4-9-22-15-5-2-1-3-6-15/h1-3,5-6,14,16-17,20H,4,7-13H2/t14-,16+,17?/m1/s1. The Hall–Kier alpha value is -1.59. The molecule has 0 bridgehead atoms. The normalized spacial score (nSPS) is 26.8. The summed E-state index contributed by atoms with van der Waals surface area (Å²) in [6, 6.07) is 9.80. The van der Waals surface area contributed by atoms with E-state index in [0.29, 0.717) is 32.6 Å². The molecule has 5 nitrogen and oxygen atoms in total. The van der Waals surface area contributed by atoms with Crippen LogP contribution < -0.4 is 4.74 Å². The summed E-state index contributed by atoms with van der Waals surface area (Å²) in [5, 5.41) is 9.34. The van der Waals surface area contributed by atoms with E-state index in [9.17, 15) is 9.90 Å². The number of rotatable bonds is 6. The van der Waals surface area contributed by atoms with Crippen LogP contribution in [0.3, 0.4) is 0 Å². The van der Waals surface area contributed by atoms with E-state index in [4.69, 9.17) is 9.47 Å². The number of carbonyl (C=O) groups excluding carboxylic acids is 1. The summed E-state index contributed by atoms with van der Waals surface area (Å²) < 4.78 is 11.4. The lowest BCUT2D eigenvalue weighted by Crippen LogP contribution is -2.51. The average molecular weight is 319 g/mol. The largest absolute Gasteiger partial charge is 0.494 e. The number of hydrogen-bond donors (Lipinski definition) is 1. The fourth-order valence-electron chi connectivity index (χ4n) is 3.58. The van der Waals surface area contributed by atoms with Crippen molar-refractivity contribution in [2.75, 3.05) is 26.4 Å². The maximum Gasteiger partial charge on any atom is 0.223 e. The summed E-state index contributed by atoms with van der Waals surface area (Å²) in [7, 11) is 0. The van der Waals surface area contributed by atoms with Crippen LogP contribution >= 0.6 is 0 Å². The Balaban J connectivity index is 1.44. The van der Waals surface area contributed by atoms with Crippen molar-refractivity contribution in [2.24, 2.45) is 5.92 Å². The van der Waals surface area contributed by atoms with Gasteiger partial charge < -0.3 is 19.5 Å². The summed E-state index contributed by atoms with van der Waals surface area (Å²) in [6.45, 7) is 2.00. The molecule has 1 heterocycles. The van der Waals surface area contributed by atoms with Crippen LogP contribution in [0.2, 0.25) is 0 Å². The van der Waals surface area contributed by atoms with Gasteiger partial charge in [0.2, 0.25) is 5.91 Å². The van der Waals surface area contributed by atoms with Crippen molar-refractivity contribution in [3.8, 4) is 5.75 Å². The molecule has 1 aliphatic heterocycles. The molecule has 1 aromatic rings. The topological polar surface area (TPSA) is 59.0 Å². The van der Waals surface area contributed by atoms with Crippen molar-refractivity contribution in [2.45, 2.75) is 37.8 Å². The minimum Gasteiger partial charge on any atom is -0.494 e. The molecule has 23 heavy (non-hydrogen) atoms. The Kier molecular flexibility index (Phi) is 5.51.